The molecule has 0 aromatic heterocycles. The molecule has 8 nitrogen and oxygen atoms in total. The average Bonchev–Trinajstić information content (AvgIpc) is 2.70. The molecular weight excluding hydrogens is 382 g/mol. The minimum Gasteiger partial charge on any atom is -0.493 e. The van der Waals surface area contributed by atoms with Gasteiger partial charge in [0.2, 0.25) is 0 Å². The largest absolute Gasteiger partial charge is 0.493 e. The minimum atomic E-state index is -0.457. The monoisotopic (exact) mass is 401 g/mol. The van der Waals surface area contributed by atoms with Crippen molar-refractivity contribution in [3.8, 4) is 11.5 Å². The number of thioether (sulfide) groups is 1. The number of methoxy groups -OCH3 is 1. The third-order valence-corrected chi connectivity index (χ3v) is 4.94. The Morgan fingerprint density at radius 2 is 1.96 bits per heavy atom. The Morgan fingerprint density at radius 1 is 1.21 bits per heavy atom. The number of nitrogens with zero attached hydrogens (tertiary/aromatic N) is 3. The van der Waals surface area contributed by atoms with E-state index in [9.17, 15) is 14.9 Å². The number of rotatable bonds is 7. The maximum Gasteiger partial charge on any atom is 0.302 e. The molecule has 0 spiro atoms. The number of non-ortho nitro benzene ring substituents is 1. The van der Waals surface area contributed by atoms with Crippen molar-refractivity contribution >= 4 is 28.4 Å². The van der Waals surface area contributed by atoms with Gasteiger partial charge in [-0.2, -0.15) is 5.10 Å². The van der Waals surface area contributed by atoms with Crippen molar-refractivity contribution in [2.75, 3.05) is 19.5 Å². The molecular formula is C19H19N3O5S. The van der Waals surface area contributed by atoms with Gasteiger partial charge in [-0.15, -0.1) is 0 Å². The van der Waals surface area contributed by atoms with Crippen LogP contribution in [-0.2, 0) is 6.54 Å². The summed E-state index contributed by atoms with van der Waals surface area (Å²) >= 11 is 1.16. The lowest BCUT2D eigenvalue weighted by molar-refractivity contribution is -0.384. The summed E-state index contributed by atoms with van der Waals surface area (Å²) in [6.07, 6.45) is 0. The van der Waals surface area contributed by atoms with Gasteiger partial charge in [0.25, 0.3) is 5.69 Å². The van der Waals surface area contributed by atoms with Crippen LogP contribution in [0.25, 0.3) is 0 Å². The van der Waals surface area contributed by atoms with Gasteiger partial charge in [-0.05, 0) is 30.7 Å². The lowest BCUT2D eigenvalue weighted by Gasteiger charge is -2.23. The Kier molecular flexibility index (Phi) is 6.15. The van der Waals surface area contributed by atoms with E-state index in [0.29, 0.717) is 23.9 Å². The molecule has 1 aliphatic heterocycles. The number of hydrazone groups is 1. The molecule has 0 N–H and O–H groups in total. The van der Waals surface area contributed by atoms with Gasteiger partial charge in [0, 0.05) is 23.4 Å². The van der Waals surface area contributed by atoms with E-state index < -0.39 is 4.92 Å². The summed E-state index contributed by atoms with van der Waals surface area (Å²) in [5, 5.41) is 16.5. The molecule has 28 heavy (non-hydrogen) atoms. The summed E-state index contributed by atoms with van der Waals surface area (Å²) in [5.74, 6) is 1.70. The Balaban J connectivity index is 1.83. The first-order valence-corrected chi connectivity index (χ1v) is 9.56. The molecule has 2 aromatic carbocycles. The van der Waals surface area contributed by atoms with E-state index in [1.807, 2.05) is 25.1 Å². The lowest BCUT2D eigenvalue weighted by Crippen LogP contribution is -2.29. The van der Waals surface area contributed by atoms with Crippen molar-refractivity contribution in [2.24, 2.45) is 5.10 Å². The van der Waals surface area contributed by atoms with Gasteiger partial charge in [0.1, 0.15) is 0 Å². The highest BCUT2D eigenvalue weighted by atomic mass is 32.2. The van der Waals surface area contributed by atoms with Gasteiger partial charge in [-0.1, -0.05) is 23.9 Å². The van der Waals surface area contributed by atoms with E-state index in [1.54, 1.807) is 19.2 Å². The number of ether oxygens (including phenoxy) is 2. The van der Waals surface area contributed by atoms with E-state index in [2.05, 4.69) is 5.10 Å². The third kappa shape index (κ3) is 4.42. The molecule has 3 rings (SSSR count). The Morgan fingerprint density at radius 3 is 2.61 bits per heavy atom. The van der Waals surface area contributed by atoms with Crippen LogP contribution >= 0.6 is 11.8 Å². The smallest absolute Gasteiger partial charge is 0.302 e. The van der Waals surface area contributed by atoms with Gasteiger partial charge in [-0.3, -0.25) is 14.9 Å². The molecule has 0 saturated carbocycles. The first-order chi connectivity index (χ1) is 13.5. The molecule has 1 heterocycles. The van der Waals surface area contributed by atoms with Crippen molar-refractivity contribution in [3.05, 3.63) is 63.7 Å². The van der Waals surface area contributed by atoms with Gasteiger partial charge in [0.15, 0.2) is 11.5 Å². The second kappa shape index (κ2) is 8.75. The Labute approximate surface area is 166 Å². The fraction of sp³-hybridized carbons (Fsp3) is 0.263. The summed E-state index contributed by atoms with van der Waals surface area (Å²) in [6.45, 7) is 2.64. The van der Waals surface area contributed by atoms with Gasteiger partial charge < -0.3 is 9.47 Å². The quantitative estimate of drug-likeness (QED) is 0.513. The molecule has 0 radical (unpaired) electrons. The second-order valence-electron chi connectivity index (χ2n) is 5.88. The lowest BCUT2D eigenvalue weighted by atomic mass is 10.1. The van der Waals surface area contributed by atoms with Crippen molar-refractivity contribution in [1.82, 2.24) is 5.01 Å². The first kappa shape index (κ1) is 19.7. The summed E-state index contributed by atoms with van der Waals surface area (Å²) in [4.78, 5) is 22.6. The predicted octanol–water partition coefficient (Wildman–Crippen LogP) is 4.08. The summed E-state index contributed by atoms with van der Waals surface area (Å²) < 4.78 is 10.9. The summed E-state index contributed by atoms with van der Waals surface area (Å²) in [6, 6.07) is 11.6. The van der Waals surface area contributed by atoms with Crippen LogP contribution in [0.2, 0.25) is 0 Å². The van der Waals surface area contributed by atoms with Gasteiger partial charge >= 0.3 is 5.24 Å². The third-order valence-electron chi connectivity index (χ3n) is 4.06. The maximum absolute atomic E-state index is 12.2. The molecule has 0 fully saturated rings. The number of benzene rings is 2. The van der Waals surface area contributed by atoms with Crippen LogP contribution in [0.1, 0.15) is 18.1 Å². The van der Waals surface area contributed by atoms with Crippen molar-refractivity contribution in [2.45, 2.75) is 13.5 Å². The molecule has 2 aromatic rings. The van der Waals surface area contributed by atoms with E-state index >= 15 is 0 Å². The molecule has 0 aliphatic carbocycles. The van der Waals surface area contributed by atoms with Gasteiger partial charge in [0.05, 0.1) is 30.9 Å². The molecule has 0 unspecified atom stereocenters. The van der Waals surface area contributed by atoms with Gasteiger partial charge in [-0.25, -0.2) is 5.01 Å². The van der Waals surface area contributed by atoms with Crippen molar-refractivity contribution in [3.63, 3.8) is 0 Å². The van der Waals surface area contributed by atoms with Crippen LogP contribution in [0, 0.1) is 10.1 Å². The predicted molar refractivity (Wildman–Crippen MR) is 107 cm³/mol. The molecule has 9 heteroatoms. The fourth-order valence-electron chi connectivity index (χ4n) is 2.68. The fourth-order valence-corrected chi connectivity index (χ4v) is 3.42. The number of carbonyl (C=O) groups excluding carboxylic acids is 1. The molecule has 1 aliphatic rings. The normalized spacial score (nSPS) is 13.9. The van der Waals surface area contributed by atoms with Crippen LogP contribution in [-0.4, -0.2) is 40.4 Å². The topological polar surface area (TPSA) is 94.3 Å². The van der Waals surface area contributed by atoms with Crippen LogP contribution < -0.4 is 9.47 Å². The van der Waals surface area contributed by atoms with E-state index in [1.165, 1.54) is 17.1 Å². The molecule has 0 saturated heterocycles. The SMILES string of the molecule is CCOc1cc(C2=NN(Cc3ccc([N+](=O)[O-])cc3)C(=O)SC2)ccc1OC. The van der Waals surface area contributed by atoms with E-state index in [4.69, 9.17) is 9.47 Å². The standard InChI is InChI=1S/C19H19N3O5S/c1-3-27-18-10-14(6-9-17(18)26-2)16-12-28-19(23)21(20-16)11-13-4-7-15(8-5-13)22(24)25/h4-10H,3,11-12H2,1-2H3. The van der Waals surface area contributed by atoms with Crippen LogP contribution in [0.4, 0.5) is 10.5 Å². The van der Waals surface area contributed by atoms with Crippen LogP contribution in [0.3, 0.4) is 0 Å². The second-order valence-corrected chi connectivity index (χ2v) is 6.81. The van der Waals surface area contributed by atoms with Crippen molar-refractivity contribution in [1.29, 1.82) is 0 Å². The zero-order valence-electron chi connectivity index (χ0n) is 15.5. The number of nitro groups is 1. The summed E-state index contributed by atoms with van der Waals surface area (Å²) in [7, 11) is 1.58. The molecule has 146 valence electrons. The molecule has 0 bridgehead atoms. The van der Waals surface area contributed by atoms with Crippen LogP contribution in [0.5, 0.6) is 11.5 Å². The number of amides is 1. The Hall–Kier alpha value is -3.07. The zero-order chi connectivity index (χ0) is 20.1. The van der Waals surface area contributed by atoms with Crippen molar-refractivity contribution < 1.29 is 19.2 Å². The Bertz CT molecular complexity index is 914. The molecule has 1 amide bonds. The zero-order valence-corrected chi connectivity index (χ0v) is 16.3. The average molecular weight is 401 g/mol. The number of hydrogen-bond acceptors (Lipinski definition) is 7. The number of nitro benzene ring substituents is 1. The van der Waals surface area contributed by atoms with Crippen LogP contribution in [0.15, 0.2) is 47.6 Å². The highest BCUT2D eigenvalue weighted by molar-refractivity contribution is 8.14. The molecule has 0 atom stereocenters. The first-order valence-electron chi connectivity index (χ1n) is 8.58. The van der Waals surface area contributed by atoms with E-state index in [-0.39, 0.29) is 17.5 Å². The number of carbonyl (C=O) groups is 1. The highest BCUT2D eigenvalue weighted by Crippen LogP contribution is 2.30. The summed E-state index contributed by atoms with van der Waals surface area (Å²) in [5.41, 5.74) is 2.36. The van der Waals surface area contributed by atoms with E-state index in [0.717, 1.165) is 28.6 Å². The highest BCUT2D eigenvalue weighted by Gasteiger charge is 2.23. The maximum atomic E-state index is 12.2. The number of hydrogen-bond donors (Lipinski definition) is 0. The minimum absolute atomic E-state index is 0.00831.